The summed E-state index contributed by atoms with van der Waals surface area (Å²) in [7, 11) is 0. The van der Waals surface area contributed by atoms with Crippen molar-refractivity contribution in [2.75, 3.05) is 13.2 Å². The average Bonchev–Trinajstić information content (AvgIpc) is 2.45. The molecular formula is C16H18O4. The van der Waals surface area contributed by atoms with Crippen LogP contribution in [0.3, 0.4) is 0 Å². The van der Waals surface area contributed by atoms with E-state index in [0.717, 1.165) is 5.56 Å². The normalized spacial score (nSPS) is 29.0. The summed E-state index contributed by atoms with van der Waals surface area (Å²) in [6.07, 6.45) is 1.14. The SMILES string of the molecule is O=C(OCc1ccccc1)C1C[C@H]2COC[C@@H](C1)C2=O. The first-order chi connectivity index (χ1) is 9.74. The number of hydrogen-bond donors (Lipinski definition) is 0. The van der Waals surface area contributed by atoms with E-state index < -0.39 is 0 Å². The summed E-state index contributed by atoms with van der Waals surface area (Å²) < 4.78 is 10.8. The maximum Gasteiger partial charge on any atom is 0.309 e. The third-order valence-electron chi connectivity index (χ3n) is 4.14. The quantitative estimate of drug-likeness (QED) is 0.791. The summed E-state index contributed by atoms with van der Waals surface area (Å²) in [4.78, 5) is 24.1. The van der Waals surface area contributed by atoms with E-state index in [2.05, 4.69) is 0 Å². The fourth-order valence-electron chi connectivity index (χ4n) is 3.04. The number of esters is 1. The van der Waals surface area contributed by atoms with Crippen molar-refractivity contribution in [1.29, 1.82) is 0 Å². The maximum absolute atomic E-state index is 12.1. The van der Waals surface area contributed by atoms with Crippen LogP contribution in [-0.2, 0) is 25.7 Å². The lowest BCUT2D eigenvalue weighted by atomic mass is 9.73. The largest absolute Gasteiger partial charge is 0.461 e. The molecule has 1 saturated carbocycles. The van der Waals surface area contributed by atoms with Gasteiger partial charge in [0.25, 0.3) is 0 Å². The number of hydrogen-bond acceptors (Lipinski definition) is 4. The van der Waals surface area contributed by atoms with Crippen LogP contribution in [0.1, 0.15) is 18.4 Å². The first-order valence-corrected chi connectivity index (χ1v) is 7.06. The van der Waals surface area contributed by atoms with E-state index in [9.17, 15) is 9.59 Å². The Morgan fingerprint density at radius 3 is 2.45 bits per heavy atom. The van der Waals surface area contributed by atoms with Crippen molar-refractivity contribution in [3.05, 3.63) is 35.9 Å². The van der Waals surface area contributed by atoms with E-state index in [-0.39, 0.29) is 29.5 Å². The molecule has 1 heterocycles. The van der Waals surface area contributed by atoms with E-state index >= 15 is 0 Å². The van der Waals surface area contributed by atoms with E-state index in [1.165, 1.54) is 0 Å². The summed E-state index contributed by atoms with van der Waals surface area (Å²) in [5.74, 6) is -0.300. The van der Waals surface area contributed by atoms with Crippen molar-refractivity contribution in [2.24, 2.45) is 17.8 Å². The zero-order chi connectivity index (χ0) is 13.9. The number of rotatable bonds is 3. The molecule has 106 valence electrons. The molecule has 1 aliphatic carbocycles. The molecule has 4 nitrogen and oxygen atoms in total. The molecule has 1 saturated heterocycles. The lowest BCUT2D eigenvalue weighted by molar-refractivity contribution is -0.158. The lowest BCUT2D eigenvalue weighted by Crippen LogP contribution is -2.44. The number of fused-ring (bicyclic) bond motifs is 2. The Kier molecular flexibility index (Phi) is 3.83. The predicted octanol–water partition coefficient (Wildman–Crippen LogP) is 1.97. The first kappa shape index (κ1) is 13.3. The monoisotopic (exact) mass is 274 g/mol. The topological polar surface area (TPSA) is 52.6 Å². The van der Waals surface area contributed by atoms with E-state index in [0.29, 0.717) is 32.7 Å². The number of ketones is 1. The van der Waals surface area contributed by atoms with Crippen LogP contribution in [0.4, 0.5) is 0 Å². The van der Waals surface area contributed by atoms with Crippen LogP contribution < -0.4 is 0 Å². The Morgan fingerprint density at radius 1 is 1.15 bits per heavy atom. The molecular weight excluding hydrogens is 256 g/mol. The molecule has 1 unspecified atom stereocenters. The minimum absolute atomic E-state index is 0.114. The number of carbonyl (C=O) groups excluding carboxylic acids is 2. The van der Waals surface area contributed by atoms with Crippen LogP contribution in [-0.4, -0.2) is 25.0 Å². The molecule has 3 atom stereocenters. The van der Waals surface area contributed by atoms with Gasteiger partial charge in [-0.2, -0.15) is 0 Å². The van der Waals surface area contributed by atoms with E-state index in [1.807, 2.05) is 30.3 Å². The molecule has 4 heteroatoms. The van der Waals surface area contributed by atoms with Gasteiger partial charge in [0.2, 0.25) is 0 Å². The maximum atomic E-state index is 12.1. The molecule has 0 radical (unpaired) electrons. The second-order valence-corrected chi connectivity index (χ2v) is 5.60. The number of carbonyl (C=O) groups is 2. The van der Waals surface area contributed by atoms with Crippen molar-refractivity contribution in [3.8, 4) is 0 Å². The fraction of sp³-hybridized carbons (Fsp3) is 0.500. The van der Waals surface area contributed by atoms with Crippen LogP contribution in [0, 0.1) is 17.8 Å². The molecule has 1 aromatic rings. The standard InChI is InChI=1S/C16H18O4/c17-15-13-6-12(7-14(15)10-19-9-13)16(18)20-8-11-4-2-1-3-5-11/h1-5,12-14H,6-10H2/t12?,13-,14+. The third-order valence-corrected chi connectivity index (χ3v) is 4.14. The smallest absolute Gasteiger partial charge is 0.309 e. The molecule has 20 heavy (non-hydrogen) atoms. The Morgan fingerprint density at radius 2 is 1.80 bits per heavy atom. The molecule has 2 bridgehead atoms. The van der Waals surface area contributed by atoms with Crippen LogP contribution in [0.15, 0.2) is 30.3 Å². The van der Waals surface area contributed by atoms with Gasteiger partial charge in [0.05, 0.1) is 19.1 Å². The molecule has 1 aromatic carbocycles. The second kappa shape index (κ2) is 5.75. The fourth-order valence-corrected chi connectivity index (χ4v) is 3.04. The first-order valence-electron chi connectivity index (χ1n) is 7.06. The lowest BCUT2D eigenvalue weighted by Gasteiger charge is -2.36. The minimum atomic E-state index is -0.182. The van der Waals surface area contributed by atoms with Crippen molar-refractivity contribution in [2.45, 2.75) is 19.4 Å². The highest BCUT2D eigenvalue weighted by molar-refractivity contribution is 5.87. The van der Waals surface area contributed by atoms with Crippen LogP contribution in [0.5, 0.6) is 0 Å². The van der Waals surface area contributed by atoms with Gasteiger partial charge in [0, 0.05) is 11.8 Å². The van der Waals surface area contributed by atoms with Gasteiger partial charge in [0.1, 0.15) is 12.4 Å². The molecule has 0 amide bonds. The molecule has 2 fully saturated rings. The molecule has 0 N–H and O–H groups in total. The van der Waals surface area contributed by atoms with Crippen molar-refractivity contribution in [3.63, 3.8) is 0 Å². The summed E-state index contributed by atoms with van der Waals surface area (Å²) >= 11 is 0. The zero-order valence-electron chi connectivity index (χ0n) is 11.3. The van der Waals surface area contributed by atoms with E-state index in [1.54, 1.807) is 0 Å². The summed E-state index contributed by atoms with van der Waals surface area (Å²) in [5, 5.41) is 0. The molecule has 2 aliphatic rings. The zero-order valence-corrected chi connectivity index (χ0v) is 11.3. The van der Waals surface area contributed by atoms with E-state index in [4.69, 9.17) is 9.47 Å². The Labute approximate surface area is 118 Å². The predicted molar refractivity (Wildman–Crippen MR) is 71.8 cm³/mol. The highest BCUT2D eigenvalue weighted by Crippen LogP contribution is 2.35. The van der Waals surface area contributed by atoms with Gasteiger partial charge in [-0.25, -0.2) is 0 Å². The Bertz CT molecular complexity index is 480. The van der Waals surface area contributed by atoms with Gasteiger partial charge in [0.15, 0.2) is 0 Å². The highest BCUT2D eigenvalue weighted by Gasteiger charge is 2.42. The van der Waals surface area contributed by atoms with Crippen molar-refractivity contribution in [1.82, 2.24) is 0 Å². The summed E-state index contributed by atoms with van der Waals surface area (Å²) in [6.45, 7) is 1.21. The van der Waals surface area contributed by atoms with Gasteiger partial charge in [-0.1, -0.05) is 30.3 Å². The van der Waals surface area contributed by atoms with Gasteiger partial charge >= 0.3 is 5.97 Å². The Balaban J connectivity index is 1.57. The minimum Gasteiger partial charge on any atom is -0.461 e. The highest BCUT2D eigenvalue weighted by atomic mass is 16.5. The molecule has 0 spiro atoms. The Hall–Kier alpha value is -1.68. The number of benzene rings is 1. The van der Waals surface area contributed by atoms with Crippen LogP contribution >= 0.6 is 0 Å². The van der Waals surface area contributed by atoms with Gasteiger partial charge in [-0.3, -0.25) is 9.59 Å². The van der Waals surface area contributed by atoms with Crippen LogP contribution in [0.2, 0.25) is 0 Å². The second-order valence-electron chi connectivity index (χ2n) is 5.60. The summed E-state index contributed by atoms with van der Waals surface area (Å²) in [5.41, 5.74) is 0.983. The number of Topliss-reactive ketones (excluding diaryl/α,β-unsaturated/α-hetero) is 1. The van der Waals surface area contributed by atoms with Crippen molar-refractivity contribution < 1.29 is 19.1 Å². The van der Waals surface area contributed by atoms with Gasteiger partial charge < -0.3 is 9.47 Å². The molecule has 0 aromatic heterocycles. The average molecular weight is 274 g/mol. The molecule has 1 aliphatic heterocycles. The third kappa shape index (κ3) is 2.75. The molecule has 3 rings (SSSR count). The summed E-state index contributed by atoms with van der Waals surface area (Å²) in [6, 6.07) is 9.63. The van der Waals surface area contributed by atoms with Crippen molar-refractivity contribution >= 4 is 11.8 Å². The van der Waals surface area contributed by atoms with Crippen LogP contribution in [0.25, 0.3) is 0 Å². The number of ether oxygens (including phenoxy) is 2. The van der Waals surface area contributed by atoms with Gasteiger partial charge in [-0.15, -0.1) is 0 Å². The van der Waals surface area contributed by atoms with Gasteiger partial charge in [-0.05, 0) is 18.4 Å².